The molecule has 2 aromatic carbocycles. The van der Waals surface area contributed by atoms with E-state index < -0.39 is 35.3 Å². The molecule has 4 rings (SSSR count). The summed E-state index contributed by atoms with van der Waals surface area (Å²) in [5.74, 6) is -3.78. The summed E-state index contributed by atoms with van der Waals surface area (Å²) in [7, 11) is 0. The molecule has 1 atom stereocenters. The number of amides is 1. The number of nitrogens with one attached hydrogen (secondary N) is 1. The molecule has 7 nitrogen and oxygen atoms in total. The van der Waals surface area contributed by atoms with Crippen LogP contribution < -0.4 is 14.8 Å². The van der Waals surface area contributed by atoms with Crippen LogP contribution in [0.5, 0.6) is 11.5 Å². The number of fused-ring (bicyclic) bond motifs is 1. The summed E-state index contributed by atoms with van der Waals surface area (Å²) in [5.41, 5.74) is -0.994. The average Bonchev–Trinajstić information content (AvgIpc) is 2.79. The predicted molar refractivity (Wildman–Crippen MR) is 109 cm³/mol. The van der Waals surface area contributed by atoms with E-state index in [0.717, 1.165) is 12.1 Å². The van der Waals surface area contributed by atoms with Crippen LogP contribution in [-0.2, 0) is 5.54 Å². The Labute approximate surface area is 190 Å². The molecule has 2 heterocycles. The molecule has 1 unspecified atom stereocenters. The van der Waals surface area contributed by atoms with Crippen molar-refractivity contribution in [2.75, 3.05) is 6.61 Å². The Balaban J connectivity index is 1.78. The molecule has 1 amide bonds. The average molecular weight is 476 g/mol. The first-order valence-corrected chi connectivity index (χ1v) is 9.89. The number of carbonyl (C=O) groups excluding carboxylic acids is 1. The minimum atomic E-state index is -5.08. The van der Waals surface area contributed by atoms with Crippen LogP contribution in [0, 0.1) is 5.82 Å². The molecule has 1 aliphatic rings. The van der Waals surface area contributed by atoms with E-state index in [1.165, 1.54) is 36.5 Å². The van der Waals surface area contributed by atoms with E-state index in [9.17, 15) is 27.2 Å². The highest BCUT2D eigenvalue weighted by molar-refractivity contribution is 5.96. The van der Waals surface area contributed by atoms with E-state index in [4.69, 9.17) is 9.84 Å². The van der Waals surface area contributed by atoms with E-state index in [-0.39, 0.29) is 35.4 Å². The topological polar surface area (TPSA) is 97.8 Å². The molecule has 0 bridgehead atoms. The molecule has 0 spiro atoms. The van der Waals surface area contributed by atoms with Gasteiger partial charge in [-0.15, -0.1) is 13.2 Å². The van der Waals surface area contributed by atoms with Gasteiger partial charge < -0.3 is 19.9 Å². The van der Waals surface area contributed by atoms with E-state index in [0.29, 0.717) is 5.75 Å². The van der Waals surface area contributed by atoms with Gasteiger partial charge in [0.05, 0.1) is 12.2 Å². The van der Waals surface area contributed by atoms with Crippen LogP contribution >= 0.6 is 0 Å². The highest BCUT2D eigenvalue weighted by Crippen LogP contribution is 2.42. The zero-order chi connectivity index (χ0) is 24.5. The predicted octanol–water partition coefficient (Wildman–Crippen LogP) is 4.27. The lowest BCUT2D eigenvalue weighted by Gasteiger charge is -2.39. The maximum absolute atomic E-state index is 14.6. The third kappa shape index (κ3) is 4.49. The summed E-state index contributed by atoms with van der Waals surface area (Å²) < 4.78 is 61.7. The fourth-order valence-electron chi connectivity index (χ4n) is 3.74. The fourth-order valence-corrected chi connectivity index (χ4v) is 3.74. The number of carboxylic acid groups (broad SMARTS) is 1. The molecule has 176 valence electrons. The van der Waals surface area contributed by atoms with Crippen LogP contribution in [0.3, 0.4) is 0 Å². The number of carboxylic acids is 1. The number of rotatable bonds is 5. The second-order valence-electron chi connectivity index (χ2n) is 7.38. The summed E-state index contributed by atoms with van der Waals surface area (Å²) in [6.45, 7) is 0.0966. The van der Waals surface area contributed by atoms with Gasteiger partial charge >= 0.3 is 12.3 Å². The van der Waals surface area contributed by atoms with Crippen molar-refractivity contribution in [1.82, 2.24) is 10.3 Å². The van der Waals surface area contributed by atoms with Crippen LogP contribution in [-0.4, -0.2) is 34.9 Å². The third-order valence-corrected chi connectivity index (χ3v) is 5.28. The number of nitrogens with zero attached hydrogens (tertiary/aromatic N) is 1. The van der Waals surface area contributed by atoms with E-state index in [1.54, 1.807) is 12.1 Å². The minimum absolute atomic E-state index is 0.0216. The molecule has 2 N–H and O–H groups in total. The molecule has 0 radical (unpaired) electrons. The Kier molecular flexibility index (Phi) is 5.86. The third-order valence-electron chi connectivity index (χ3n) is 5.28. The van der Waals surface area contributed by atoms with Gasteiger partial charge in [0.25, 0.3) is 5.91 Å². The summed E-state index contributed by atoms with van der Waals surface area (Å²) >= 11 is 0. The second kappa shape index (κ2) is 8.65. The number of ether oxygens (including phenoxy) is 2. The van der Waals surface area contributed by atoms with Gasteiger partial charge in [0, 0.05) is 18.2 Å². The van der Waals surface area contributed by atoms with Crippen LogP contribution in [0.25, 0.3) is 0 Å². The van der Waals surface area contributed by atoms with Crippen LogP contribution in [0.4, 0.5) is 17.6 Å². The SMILES string of the molecule is O=C(O)c1ccc(C(=O)NC2(c3ccc(OC(F)(F)F)c(F)c3)CCOc3cccnc32)cc1. The van der Waals surface area contributed by atoms with Crippen molar-refractivity contribution in [2.24, 2.45) is 0 Å². The number of halogens is 4. The van der Waals surface area contributed by atoms with E-state index in [2.05, 4.69) is 15.0 Å². The number of alkyl halides is 3. The van der Waals surface area contributed by atoms with Gasteiger partial charge in [-0.2, -0.15) is 0 Å². The highest BCUT2D eigenvalue weighted by Gasteiger charge is 2.43. The van der Waals surface area contributed by atoms with Gasteiger partial charge in [0.1, 0.15) is 17.0 Å². The molecule has 1 aromatic heterocycles. The first kappa shape index (κ1) is 23.0. The maximum Gasteiger partial charge on any atom is 0.573 e. The van der Waals surface area contributed by atoms with Crippen LogP contribution in [0.15, 0.2) is 60.8 Å². The van der Waals surface area contributed by atoms with Crippen molar-refractivity contribution < 1.29 is 41.7 Å². The maximum atomic E-state index is 14.6. The summed E-state index contributed by atoms with van der Waals surface area (Å²) in [5, 5.41) is 11.9. The van der Waals surface area contributed by atoms with E-state index >= 15 is 0 Å². The van der Waals surface area contributed by atoms with Crippen LogP contribution in [0.2, 0.25) is 0 Å². The number of pyridine rings is 1. The van der Waals surface area contributed by atoms with Crippen molar-refractivity contribution in [3.8, 4) is 11.5 Å². The molecule has 0 aliphatic carbocycles. The molecule has 0 fully saturated rings. The number of hydrogen-bond acceptors (Lipinski definition) is 5. The van der Waals surface area contributed by atoms with E-state index in [1.807, 2.05) is 0 Å². The number of hydrogen-bond donors (Lipinski definition) is 2. The van der Waals surface area contributed by atoms with Crippen molar-refractivity contribution in [3.05, 3.63) is 89.0 Å². The van der Waals surface area contributed by atoms with Gasteiger partial charge in [-0.25, -0.2) is 9.18 Å². The number of benzene rings is 2. The number of aromatic carboxylic acids is 1. The zero-order valence-electron chi connectivity index (χ0n) is 17.2. The smallest absolute Gasteiger partial charge is 0.491 e. The lowest BCUT2D eigenvalue weighted by atomic mass is 9.81. The summed E-state index contributed by atoms with van der Waals surface area (Å²) in [6.07, 6.45) is -3.55. The Morgan fingerprint density at radius 3 is 2.44 bits per heavy atom. The standard InChI is InChI=1S/C23H16F4N2O5/c24-16-12-15(7-8-17(16)34-23(25,26)27)22(9-11-33-18-2-1-10-28-19(18)22)29-20(30)13-3-5-14(6-4-13)21(31)32/h1-8,10,12H,9,11H2,(H,29,30)(H,31,32). The Hall–Kier alpha value is -4.15. The van der Waals surface area contributed by atoms with Gasteiger partial charge in [-0.1, -0.05) is 6.07 Å². The molecular formula is C23H16F4N2O5. The monoisotopic (exact) mass is 476 g/mol. The summed E-state index contributed by atoms with van der Waals surface area (Å²) in [4.78, 5) is 28.5. The Morgan fingerprint density at radius 1 is 1.09 bits per heavy atom. The molecule has 11 heteroatoms. The van der Waals surface area contributed by atoms with Crippen molar-refractivity contribution >= 4 is 11.9 Å². The quantitative estimate of drug-likeness (QED) is 0.534. The van der Waals surface area contributed by atoms with Crippen molar-refractivity contribution in [3.63, 3.8) is 0 Å². The van der Waals surface area contributed by atoms with Gasteiger partial charge in [0.15, 0.2) is 11.6 Å². The minimum Gasteiger partial charge on any atom is -0.491 e. The fraction of sp³-hybridized carbons (Fsp3) is 0.174. The van der Waals surface area contributed by atoms with Crippen molar-refractivity contribution in [2.45, 2.75) is 18.3 Å². The van der Waals surface area contributed by atoms with Gasteiger partial charge in [-0.05, 0) is 54.1 Å². The lowest BCUT2D eigenvalue weighted by Crippen LogP contribution is -2.50. The number of aromatic nitrogens is 1. The Bertz CT molecular complexity index is 1250. The van der Waals surface area contributed by atoms with Crippen LogP contribution in [0.1, 0.15) is 38.4 Å². The molecule has 1 aliphatic heterocycles. The normalized spacial score (nSPS) is 17.3. The van der Waals surface area contributed by atoms with Crippen molar-refractivity contribution in [1.29, 1.82) is 0 Å². The lowest BCUT2D eigenvalue weighted by molar-refractivity contribution is -0.275. The Morgan fingerprint density at radius 2 is 1.79 bits per heavy atom. The first-order valence-electron chi connectivity index (χ1n) is 9.89. The highest BCUT2D eigenvalue weighted by atomic mass is 19.4. The molecule has 0 saturated heterocycles. The summed E-state index contributed by atoms with van der Waals surface area (Å²) in [6, 6.07) is 11.2. The largest absolute Gasteiger partial charge is 0.573 e. The molecule has 34 heavy (non-hydrogen) atoms. The second-order valence-corrected chi connectivity index (χ2v) is 7.38. The van der Waals surface area contributed by atoms with Gasteiger partial charge in [0.2, 0.25) is 0 Å². The first-order chi connectivity index (χ1) is 16.1. The molecular weight excluding hydrogens is 460 g/mol. The number of carbonyl (C=O) groups is 2. The zero-order valence-corrected chi connectivity index (χ0v) is 17.2. The molecule has 3 aromatic rings. The molecule has 0 saturated carbocycles. The van der Waals surface area contributed by atoms with Gasteiger partial charge in [-0.3, -0.25) is 9.78 Å².